The molecule has 0 aliphatic carbocycles. The highest BCUT2D eigenvalue weighted by Crippen LogP contribution is 2.21. The molecule has 3 rings (SSSR count). The van der Waals surface area contributed by atoms with E-state index >= 15 is 0 Å². The Kier molecular flexibility index (Phi) is 3.69. The maximum Gasteiger partial charge on any atom is 0.247 e. The molecule has 0 unspecified atom stereocenters. The molecule has 2 aromatic carbocycles. The van der Waals surface area contributed by atoms with Crippen LogP contribution in [0.5, 0.6) is 0 Å². The molecule has 1 aromatic heterocycles. The molecule has 21 heavy (non-hydrogen) atoms. The number of nitrogens with one attached hydrogen (secondary N) is 1. The summed E-state index contributed by atoms with van der Waals surface area (Å²) in [6, 6.07) is 14.5. The second-order valence-electron chi connectivity index (χ2n) is 5.11. The highest BCUT2D eigenvalue weighted by Gasteiger charge is 2.04. The van der Waals surface area contributed by atoms with Crippen LogP contribution < -0.4 is 5.32 Å². The first-order valence-corrected chi connectivity index (χ1v) is 6.89. The fraction of sp³-hybridized carbons (Fsp3) is 0.176. The van der Waals surface area contributed by atoms with E-state index in [-0.39, 0.29) is 0 Å². The Hall–Kier alpha value is -2.62. The summed E-state index contributed by atoms with van der Waals surface area (Å²) in [5.74, 6) is 0.533. The Morgan fingerprint density at radius 1 is 1.10 bits per heavy atom. The van der Waals surface area contributed by atoms with Crippen LogP contribution in [0.1, 0.15) is 16.7 Å². The molecule has 0 radical (unpaired) electrons. The zero-order valence-electron chi connectivity index (χ0n) is 12.1. The normalized spacial score (nSPS) is 10.6. The number of anilines is 1. The topological polar surface area (TPSA) is 51.0 Å². The van der Waals surface area contributed by atoms with Crippen molar-refractivity contribution < 1.29 is 4.42 Å². The molecule has 4 nitrogen and oxygen atoms in total. The predicted octanol–water partition coefficient (Wildman–Crippen LogP) is 3.97. The molecule has 0 atom stereocenters. The Morgan fingerprint density at radius 2 is 2.00 bits per heavy atom. The molecule has 0 aliphatic heterocycles. The molecule has 1 heterocycles. The van der Waals surface area contributed by atoms with Crippen molar-refractivity contribution in [2.24, 2.45) is 0 Å². The Bertz CT molecular complexity index is 736. The van der Waals surface area contributed by atoms with Gasteiger partial charge in [0.25, 0.3) is 0 Å². The van der Waals surface area contributed by atoms with Gasteiger partial charge in [-0.25, -0.2) is 0 Å². The highest BCUT2D eigenvalue weighted by molar-refractivity contribution is 5.61. The molecule has 0 saturated heterocycles. The van der Waals surface area contributed by atoms with Crippen molar-refractivity contribution in [1.29, 1.82) is 0 Å². The molecule has 4 heteroatoms. The van der Waals surface area contributed by atoms with E-state index in [0.29, 0.717) is 5.89 Å². The third-order valence-electron chi connectivity index (χ3n) is 3.45. The lowest BCUT2D eigenvalue weighted by atomic mass is 10.1. The summed E-state index contributed by atoms with van der Waals surface area (Å²) in [6.45, 7) is 5.04. The van der Waals surface area contributed by atoms with Crippen LogP contribution in [0.2, 0.25) is 0 Å². The summed E-state index contributed by atoms with van der Waals surface area (Å²) in [4.78, 5) is 0. The third kappa shape index (κ3) is 3.11. The van der Waals surface area contributed by atoms with Crippen molar-refractivity contribution in [3.63, 3.8) is 0 Å². The van der Waals surface area contributed by atoms with Crippen molar-refractivity contribution in [2.45, 2.75) is 20.4 Å². The smallest absolute Gasteiger partial charge is 0.247 e. The summed E-state index contributed by atoms with van der Waals surface area (Å²) in [5.41, 5.74) is 5.83. The van der Waals surface area contributed by atoms with E-state index in [0.717, 1.165) is 17.8 Å². The minimum Gasteiger partial charge on any atom is -0.423 e. The van der Waals surface area contributed by atoms with Gasteiger partial charge in [-0.2, -0.15) is 0 Å². The molecule has 0 amide bonds. The summed E-state index contributed by atoms with van der Waals surface area (Å²) in [7, 11) is 0. The lowest BCUT2D eigenvalue weighted by molar-refractivity contribution is 0.568. The molecule has 1 N–H and O–H groups in total. The largest absolute Gasteiger partial charge is 0.423 e. The maximum absolute atomic E-state index is 5.22. The molecule has 3 aromatic rings. The summed E-state index contributed by atoms with van der Waals surface area (Å²) in [5, 5.41) is 11.1. The van der Waals surface area contributed by atoms with Crippen LogP contribution in [0.3, 0.4) is 0 Å². The molecule has 0 aliphatic rings. The van der Waals surface area contributed by atoms with E-state index < -0.39 is 0 Å². The van der Waals surface area contributed by atoms with Crippen molar-refractivity contribution in [2.75, 3.05) is 5.32 Å². The monoisotopic (exact) mass is 279 g/mol. The number of rotatable bonds is 4. The van der Waals surface area contributed by atoms with E-state index in [2.05, 4.69) is 47.6 Å². The van der Waals surface area contributed by atoms with Crippen LogP contribution in [0.4, 0.5) is 5.69 Å². The third-order valence-corrected chi connectivity index (χ3v) is 3.45. The first-order chi connectivity index (χ1) is 10.2. The van der Waals surface area contributed by atoms with Gasteiger partial charge in [0.2, 0.25) is 12.3 Å². The lowest BCUT2D eigenvalue weighted by Gasteiger charge is -2.10. The summed E-state index contributed by atoms with van der Waals surface area (Å²) < 4.78 is 5.22. The Labute approximate surface area is 123 Å². The van der Waals surface area contributed by atoms with Crippen molar-refractivity contribution in [3.8, 4) is 11.5 Å². The van der Waals surface area contributed by atoms with Gasteiger partial charge in [-0.3, -0.25) is 0 Å². The average molecular weight is 279 g/mol. The van der Waals surface area contributed by atoms with Gasteiger partial charge >= 0.3 is 0 Å². The van der Waals surface area contributed by atoms with Gasteiger partial charge in [0, 0.05) is 17.8 Å². The zero-order chi connectivity index (χ0) is 14.7. The number of hydrogen-bond donors (Lipinski definition) is 1. The quantitative estimate of drug-likeness (QED) is 0.785. The minimum absolute atomic E-state index is 0.533. The molecule has 0 spiro atoms. The van der Waals surface area contributed by atoms with Gasteiger partial charge in [-0.05, 0) is 43.2 Å². The van der Waals surface area contributed by atoms with Gasteiger partial charge in [-0.1, -0.05) is 29.8 Å². The molecular weight excluding hydrogens is 262 g/mol. The fourth-order valence-electron chi connectivity index (χ4n) is 2.30. The van der Waals surface area contributed by atoms with Crippen LogP contribution in [0, 0.1) is 13.8 Å². The maximum atomic E-state index is 5.22. The van der Waals surface area contributed by atoms with Gasteiger partial charge < -0.3 is 9.73 Å². The van der Waals surface area contributed by atoms with Gasteiger partial charge in [-0.15, -0.1) is 10.2 Å². The zero-order valence-corrected chi connectivity index (χ0v) is 12.1. The Balaban J connectivity index is 1.75. The summed E-state index contributed by atoms with van der Waals surface area (Å²) >= 11 is 0. The first-order valence-electron chi connectivity index (χ1n) is 6.89. The van der Waals surface area contributed by atoms with Gasteiger partial charge in [0.05, 0.1) is 0 Å². The van der Waals surface area contributed by atoms with E-state index in [1.807, 2.05) is 24.3 Å². The molecule has 0 saturated carbocycles. The van der Waals surface area contributed by atoms with E-state index in [1.54, 1.807) is 0 Å². The number of aromatic nitrogens is 2. The van der Waals surface area contributed by atoms with Crippen LogP contribution in [0.15, 0.2) is 53.3 Å². The van der Waals surface area contributed by atoms with Crippen molar-refractivity contribution in [3.05, 3.63) is 65.5 Å². The van der Waals surface area contributed by atoms with Gasteiger partial charge in [0.15, 0.2) is 0 Å². The second kappa shape index (κ2) is 5.79. The highest BCUT2D eigenvalue weighted by atomic mass is 16.4. The Morgan fingerprint density at radius 3 is 2.76 bits per heavy atom. The van der Waals surface area contributed by atoms with Crippen LogP contribution in [-0.4, -0.2) is 10.2 Å². The number of nitrogens with zero attached hydrogens (tertiary/aromatic N) is 2. The van der Waals surface area contributed by atoms with Crippen LogP contribution in [-0.2, 0) is 6.54 Å². The van der Waals surface area contributed by atoms with E-state index in [1.165, 1.54) is 23.1 Å². The minimum atomic E-state index is 0.533. The second-order valence-corrected chi connectivity index (χ2v) is 5.11. The van der Waals surface area contributed by atoms with E-state index in [9.17, 15) is 0 Å². The molecular formula is C17H17N3O. The van der Waals surface area contributed by atoms with Crippen LogP contribution in [0.25, 0.3) is 11.5 Å². The van der Waals surface area contributed by atoms with Crippen molar-refractivity contribution >= 4 is 5.69 Å². The fourth-order valence-corrected chi connectivity index (χ4v) is 2.30. The molecule has 0 fully saturated rings. The predicted molar refractivity (Wildman–Crippen MR) is 83.0 cm³/mol. The van der Waals surface area contributed by atoms with Crippen LogP contribution >= 0.6 is 0 Å². The number of hydrogen-bond acceptors (Lipinski definition) is 4. The SMILES string of the molecule is Cc1ccc(CNc2cccc(-c3nnco3)c2)c(C)c1. The number of aryl methyl sites for hydroxylation is 2. The first kappa shape index (κ1) is 13.4. The molecule has 106 valence electrons. The standard InChI is InChI=1S/C17H17N3O/c1-12-6-7-15(13(2)8-12)10-18-16-5-3-4-14(9-16)17-20-19-11-21-17/h3-9,11,18H,10H2,1-2H3. The van der Waals surface area contributed by atoms with Crippen molar-refractivity contribution in [1.82, 2.24) is 10.2 Å². The van der Waals surface area contributed by atoms with E-state index in [4.69, 9.17) is 4.42 Å². The number of benzene rings is 2. The summed E-state index contributed by atoms with van der Waals surface area (Å²) in [6.07, 6.45) is 1.34. The average Bonchev–Trinajstić information content (AvgIpc) is 3.01. The van der Waals surface area contributed by atoms with Gasteiger partial charge in [0.1, 0.15) is 0 Å². The molecule has 0 bridgehead atoms. The lowest BCUT2D eigenvalue weighted by Crippen LogP contribution is -2.01.